The predicted octanol–water partition coefficient (Wildman–Crippen LogP) is 5.75. The molecule has 216 valence electrons. The molecule has 0 aliphatic heterocycles. The minimum atomic E-state index is -0.978. The van der Waals surface area contributed by atoms with E-state index < -0.39 is 29.7 Å². The van der Waals surface area contributed by atoms with Crippen LogP contribution in [0, 0.1) is 0 Å². The van der Waals surface area contributed by atoms with Crippen molar-refractivity contribution in [3.63, 3.8) is 0 Å². The molecule has 9 heteroatoms. The van der Waals surface area contributed by atoms with Crippen LogP contribution < -0.4 is 10.6 Å². The second-order valence-corrected chi connectivity index (χ2v) is 11.2. The molecule has 0 aliphatic rings. The van der Waals surface area contributed by atoms with Gasteiger partial charge in [0.25, 0.3) is 0 Å². The Morgan fingerprint density at radius 1 is 0.974 bits per heavy atom. The average Bonchev–Trinajstić information content (AvgIpc) is 2.83. The van der Waals surface area contributed by atoms with Gasteiger partial charge in [0.05, 0.1) is 0 Å². The average molecular weight is 552 g/mol. The summed E-state index contributed by atoms with van der Waals surface area (Å²) in [6, 6.07) is 4.35. The Labute approximate surface area is 234 Å². The number of nitrogens with one attached hydrogen (secondary N) is 2. The first kappa shape index (κ1) is 33.6. The lowest BCUT2D eigenvalue weighted by atomic mass is 10.0. The first-order chi connectivity index (χ1) is 17.9. The number of phenols is 1. The molecular formula is C29H49N3O5S. The predicted molar refractivity (Wildman–Crippen MR) is 155 cm³/mol. The maximum absolute atomic E-state index is 13.9. The number of alkyl carbamates (subject to hydrolysis) is 1. The molecule has 8 nitrogen and oxygen atoms in total. The molecule has 0 fully saturated rings. The van der Waals surface area contributed by atoms with Gasteiger partial charge in [-0.05, 0) is 58.2 Å². The SMILES string of the molecule is CCCCCCCCN(C(=O)C(CS)NC(=O)OC(C)(C)C)C(C(=O)NC(C)CCC)c1ccc(O)cc1. The van der Waals surface area contributed by atoms with Crippen molar-refractivity contribution in [2.45, 2.75) is 117 Å². The van der Waals surface area contributed by atoms with E-state index in [4.69, 9.17) is 4.74 Å². The third kappa shape index (κ3) is 12.4. The van der Waals surface area contributed by atoms with Crippen molar-refractivity contribution in [1.82, 2.24) is 15.5 Å². The van der Waals surface area contributed by atoms with Crippen LogP contribution in [0.15, 0.2) is 24.3 Å². The van der Waals surface area contributed by atoms with Crippen molar-refractivity contribution >= 4 is 30.5 Å². The number of benzene rings is 1. The summed E-state index contributed by atoms with van der Waals surface area (Å²) in [4.78, 5) is 41.6. The third-order valence-electron chi connectivity index (χ3n) is 6.09. The van der Waals surface area contributed by atoms with Gasteiger partial charge < -0.3 is 25.4 Å². The van der Waals surface area contributed by atoms with E-state index in [9.17, 15) is 19.5 Å². The van der Waals surface area contributed by atoms with E-state index in [2.05, 4.69) is 30.2 Å². The number of rotatable bonds is 16. The minimum Gasteiger partial charge on any atom is -0.508 e. The summed E-state index contributed by atoms with van der Waals surface area (Å²) < 4.78 is 5.36. The number of unbranched alkanes of at least 4 members (excludes halogenated alkanes) is 5. The van der Waals surface area contributed by atoms with Gasteiger partial charge in [0.15, 0.2) is 0 Å². The molecule has 0 radical (unpaired) electrons. The highest BCUT2D eigenvalue weighted by molar-refractivity contribution is 7.80. The van der Waals surface area contributed by atoms with Crippen LogP contribution in [-0.2, 0) is 14.3 Å². The Hall–Kier alpha value is -2.42. The zero-order valence-electron chi connectivity index (χ0n) is 24.1. The second kappa shape index (κ2) is 17.2. The first-order valence-corrected chi connectivity index (χ1v) is 14.6. The van der Waals surface area contributed by atoms with Crippen LogP contribution in [0.3, 0.4) is 0 Å². The van der Waals surface area contributed by atoms with Gasteiger partial charge in [-0.1, -0.05) is 64.5 Å². The maximum Gasteiger partial charge on any atom is 0.408 e. The number of amides is 3. The van der Waals surface area contributed by atoms with Crippen molar-refractivity contribution in [1.29, 1.82) is 0 Å². The highest BCUT2D eigenvalue weighted by Crippen LogP contribution is 2.26. The van der Waals surface area contributed by atoms with E-state index in [0.717, 1.165) is 44.9 Å². The Morgan fingerprint density at radius 3 is 2.13 bits per heavy atom. The Bertz CT molecular complexity index is 857. The zero-order valence-corrected chi connectivity index (χ0v) is 25.0. The standard InChI is InChI=1S/C29H49N3O5S/c1-7-9-10-11-12-13-19-32(27(35)24(20-38)31-28(36)37-29(4,5)6)25(22-15-17-23(33)18-16-22)26(34)30-21(3)14-8-2/h15-18,21,24-25,33,38H,7-14,19-20H2,1-6H3,(H,30,34)(H,31,36). The van der Waals surface area contributed by atoms with Crippen LogP contribution in [-0.4, -0.2) is 57.9 Å². The molecule has 0 aliphatic carbocycles. The number of nitrogens with zero attached hydrogens (tertiary/aromatic N) is 1. The number of aromatic hydroxyl groups is 1. The van der Waals surface area contributed by atoms with Crippen LogP contribution in [0.5, 0.6) is 5.75 Å². The van der Waals surface area contributed by atoms with Gasteiger partial charge in [0, 0.05) is 18.3 Å². The van der Waals surface area contributed by atoms with Gasteiger partial charge in [-0.25, -0.2) is 4.79 Å². The molecule has 3 atom stereocenters. The monoisotopic (exact) mass is 551 g/mol. The Morgan fingerprint density at radius 2 is 1.58 bits per heavy atom. The number of carbonyl (C=O) groups is 3. The van der Waals surface area contributed by atoms with Gasteiger partial charge in [-0.3, -0.25) is 9.59 Å². The number of carbonyl (C=O) groups excluding carboxylic acids is 3. The van der Waals surface area contributed by atoms with Gasteiger partial charge in [-0.2, -0.15) is 12.6 Å². The van der Waals surface area contributed by atoms with Crippen molar-refractivity contribution in [3.05, 3.63) is 29.8 Å². The number of hydrogen-bond donors (Lipinski definition) is 4. The van der Waals surface area contributed by atoms with E-state index in [1.807, 2.05) is 13.8 Å². The number of phenolic OH excluding ortho intramolecular Hbond substituents is 1. The molecule has 0 bridgehead atoms. The summed E-state index contributed by atoms with van der Waals surface area (Å²) in [7, 11) is 0. The highest BCUT2D eigenvalue weighted by atomic mass is 32.1. The van der Waals surface area contributed by atoms with Gasteiger partial charge in [0.2, 0.25) is 11.8 Å². The van der Waals surface area contributed by atoms with Crippen LogP contribution in [0.25, 0.3) is 0 Å². The lowest BCUT2D eigenvalue weighted by Crippen LogP contribution is -2.54. The van der Waals surface area contributed by atoms with E-state index >= 15 is 0 Å². The van der Waals surface area contributed by atoms with E-state index in [1.54, 1.807) is 37.8 Å². The lowest BCUT2D eigenvalue weighted by Gasteiger charge is -2.35. The second-order valence-electron chi connectivity index (χ2n) is 10.9. The van der Waals surface area contributed by atoms with E-state index in [1.165, 1.54) is 12.1 Å². The smallest absolute Gasteiger partial charge is 0.408 e. The fourth-order valence-electron chi connectivity index (χ4n) is 4.22. The zero-order chi connectivity index (χ0) is 28.7. The summed E-state index contributed by atoms with van der Waals surface area (Å²) in [5.41, 5.74) is -0.144. The van der Waals surface area contributed by atoms with Gasteiger partial charge in [0.1, 0.15) is 23.4 Å². The Kier molecular flexibility index (Phi) is 15.2. The molecule has 0 heterocycles. The maximum atomic E-state index is 13.9. The molecule has 3 unspecified atom stereocenters. The van der Waals surface area contributed by atoms with Crippen molar-refractivity contribution in [3.8, 4) is 5.75 Å². The van der Waals surface area contributed by atoms with Crippen molar-refractivity contribution < 1.29 is 24.2 Å². The fourth-order valence-corrected chi connectivity index (χ4v) is 4.47. The summed E-state index contributed by atoms with van der Waals surface area (Å²) in [6.07, 6.45) is 7.12. The highest BCUT2D eigenvalue weighted by Gasteiger charge is 2.36. The summed E-state index contributed by atoms with van der Waals surface area (Å²) in [5.74, 6) is -0.593. The van der Waals surface area contributed by atoms with Crippen molar-refractivity contribution in [2.75, 3.05) is 12.3 Å². The van der Waals surface area contributed by atoms with Crippen LogP contribution in [0.1, 0.15) is 105 Å². The Balaban J connectivity index is 3.33. The molecule has 1 aromatic rings. The lowest BCUT2D eigenvalue weighted by molar-refractivity contribution is -0.142. The molecule has 0 aromatic heterocycles. The number of ether oxygens (including phenoxy) is 1. The molecule has 38 heavy (non-hydrogen) atoms. The summed E-state index contributed by atoms with van der Waals surface area (Å²) in [6.45, 7) is 11.7. The molecule has 0 saturated carbocycles. The van der Waals surface area contributed by atoms with Crippen LogP contribution in [0.4, 0.5) is 4.79 Å². The summed E-state index contributed by atoms with van der Waals surface area (Å²) in [5, 5.41) is 15.5. The molecule has 0 spiro atoms. The normalized spacial score (nSPS) is 13.8. The largest absolute Gasteiger partial charge is 0.508 e. The third-order valence-corrected chi connectivity index (χ3v) is 6.45. The first-order valence-electron chi connectivity index (χ1n) is 13.9. The topological polar surface area (TPSA) is 108 Å². The van der Waals surface area contributed by atoms with E-state index in [0.29, 0.717) is 18.5 Å². The minimum absolute atomic E-state index is 0.0429. The fraction of sp³-hybridized carbons (Fsp3) is 0.690. The van der Waals surface area contributed by atoms with Crippen LogP contribution in [0.2, 0.25) is 0 Å². The van der Waals surface area contributed by atoms with Crippen LogP contribution >= 0.6 is 12.6 Å². The number of thiol groups is 1. The van der Waals surface area contributed by atoms with Gasteiger partial charge >= 0.3 is 6.09 Å². The molecular weight excluding hydrogens is 502 g/mol. The summed E-state index contributed by atoms with van der Waals surface area (Å²) >= 11 is 4.34. The quantitative estimate of drug-likeness (QED) is 0.155. The molecule has 3 amide bonds. The van der Waals surface area contributed by atoms with Gasteiger partial charge in [-0.15, -0.1) is 0 Å². The number of hydrogen-bond acceptors (Lipinski definition) is 6. The van der Waals surface area contributed by atoms with E-state index in [-0.39, 0.29) is 23.5 Å². The molecule has 1 rings (SSSR count). The molecule has 0 saturated heterocycles. The molecule has 1 aromatic carbocycles. The molecule has 3 N–H and O–H groups in total. The van der Waals surface area contributed by atoms with Crippen molar-refractivity contribution in [2.24, 2.45) is 0 Å².